The van der Waals surface area contributed by atoms with Crippen molar-refractivity contribution in [1.29, 1.82) is 0 Å². The molecule has 0 saturated carbocycles. The maximum atomic E-state index is 12.9. The van der Waals surface area contributed by atoms with Gasteiger partial charge < -0.3 is 35.5 Å². The second kappa shape index (κ2) is 14.8. The Kier molecular flexibility index (Phi) is 10.6. The van der Waals surface area contributed by atoms with Gasteiger partial charge in [-0.2, -0.15) is 0 Å². The molecule has 10 heteroatoms. The van der Waals surface area contributed by atoms with Crippen LogP contribution in [-0.4, -0.2) is 63.7 Å². The van der Waals surface area contributed by atoms with Crippen molar-refractivity contribution in [1.82, 2.24) is 16.0 Å². The van der Waals surface area contributed by atoms with Crippen molar-refractivity contribution in [2.24, 2.45) is 0 Å². The van der Waals surface area contributed by atoms with Crippen molar-refractivity contribution in [3.8, 4) is 0 Å². The molecule has 0 bridgehead atoms. The van der Waals surface area contributed by atoms with Crippen LogP contribution in [0.4, 0.5) is 21.9 Å². The number of carbonyl (C=O) groups is 3. The maximum Gasteiger partial charge on any atom is 0.314 e. The molecule has 41 heavy (non-hydrogen) atoms. The van der Waals surface area contributed by atoms with E-state index in [1.165, 1.54) is 17.5 Å². The average Bonchev–Trinajstić information content (AvgIpc) is 3.53. The van der Waals surface area contributed by atoms with E-state index in [-0.39, 0.29) is 23.6 Å². The molecule has 10 nitrogen and oxygen atoms in total. The van der Waals surface area contributed by atoms with Gasteiger partial charge >= 0.3 is 6.03 Å². The molecule has 3 aromatic rings. The van der Waals surface area contributed by atoms with Gasteiger partial charge in [0, 0.05) is 57.1 Å². The molecule has 4 amide bonds. The molecule has 4 N–H and O–H groups in total. The SMILES string of the molecule is CCCCNC(=O)NCCCNC(=O)c1ccc(N2CCN(c3ccccc3C)CC2)c(NC(=O)c2ccco2)c1. The van der Waals surface area contributed by atoms with Gasteiger partial charge in [0.2, 0.25) is 0 Å². The summed E-state index contributed by atoms with van der Waals surface area (Å²) < 4.78 is 5.28. The number of piperazine rings is 1. The van der Waals surface area contributed by atoms with Gasteiger partial charge in [-0.3, -0.25) is 9.59 Å². The minimum atomic E-state index is -0.379. The lowest BCUT2D eigenvalue weighted by Gasteiger charge is -2.38. The van der Waals surface area contributed by atoms with Gasteiger partial charge in [0.05, 0.1) is 17.6 Å². The predicted octanol–water partition coefficient (Wildman–Crippen LogP) is 4.39. The van der Waals surface area contributed by atoms with Crippen LogP contribution in [0.15, 0.2) is 65.3 Å². The van der Waals surface area contributed by atoms with Crippen LogP contribution in [0.25, 0.3) is 0 Å². The van der Waals surface area contributed by atoms with Gasteiger partial charge in [0.25, 0.3) is 11.8 Å². The Morgan fingerprint density at radius 1 is 0.780 bits per heavy atom. The lowest BCUT2D eigenvalue weighted by atomic mass is 10.1. The summed E-state index contributed by atoms with van der Waals surface area (Å²) in [5.74, 6) is -0.432. The van der Waals surface area contributed by atoms with Crippen LogP contribution in [0.2, 0.25) is 0 Å². The largest absolute Gasteiger partial charge is 0.459 e. The molecule has 1 aliphatic rings. The number of furan rings is 1. The third-order valence-corrected chi connectivity index (χ3v) is 7.07. The second-order valence-corrected chi connectivity index (χ2v) is 10.1. The number of para-hydroxylation sites is 1. The highest BCUT2D eigenvalue weighted by atomic mass is 16.3. The normalized spacial score (nSPS) is 13.0. The molecule has 1 fully saturated rings. The molecule has 0 unspecified atom stereocenters. The highest BCUT2D eigenvalue weighted by Crippen LogP contribution is 2.30. The van der Waals surface area contributed by atoms with E-state index in [2.05, 4.69) is 63.1 Å². The zero-order valence-electron chi connectivity index (χ0n) is 23.9. The number of hydrogen-bond donors (Lipinski definition) is 4. The van der Waals surface area contributed by atoms with Gasteiger partial charge in [-0.25, -0.2) is 4.79 Å². The molecule has 1 saturated heterocycles. The van der Waals surface area contributed by atoms with Crippen molar-refractivity contribution in [2.75, 3.05) is 60.9 Å². The number of hydrogen-bond acceptors (Lipinski definition) is 6. The monoisotopic (exact) mass is 560 g/mol. The highest BCUT2D eigenvalue weighted by Gasteiger charge is 2.23. The molecule has 1 aromatic heterocycles. The number of nitrogens with one attached hydrogen (secondary N) is 4. The fourth-order valence-corrected chi connectivity index (χ4v) is 4.79. The summed E-state index contributed by atoms with van der Waals surface area (Å²) in [6, 6.07) is 16.8. The Morgan fingerprint density at radius 3 is 2.15 bits per heavy atom. The summed E-state index contributed by atoms with van der Waals surface area (Å²) in [6.07, 6.45) is 4.01. The topological polar surface area (TPSA) is 119 Å². The van der Waals surface area contributed by atoms with E-state index in [1.807, 2.05) is 12.1 Å². The molecular formula is C31H40N6O4. The van der Waals surface area contributed by atoms with Crippen LogP contribution in [0, 0.1) is 6.92 Å². The number of benzene rings is 2. The van der Waals surface area contributed by atoms with E-state index in [9.17, 15) is 14.4 Å². The molecule has 0 aliphatic carbocycles. The lowest BCUT2D eigenvalue weighted by Crippen LogP contribution is -2.47. The summed E-state index contributed by atoms with van der Waals surface area (Å²) in [5, 5.41) is 11.4. The van der Waals surface area contributed by atoms with E-state index in [0.717, 1.165) is 44.7 Å². The fourth-order valence-electron chi connectivity index (χ4n) is 4.79. The molecule has 4 rings (SSSR count). The van der Waals surface area contributed by atoms with Crippen molar-refractivity contribution >= 4 is 34.9 Å². The number of rotatable bonds is 12. The predicted molar refractivity (Wildman–Crippen MR) is 162 cm³/mol. The van der Waals surface area contributed by atoms with Gasteiger partial charge in [-0.1, -0.05) is 31.5 Å². The van der Waals surface area contributed by atoms with Crippen LogP contribution in [-0.2, 0) is 0 Å². The van der Waals surface area contributed by atoms with E-state index in [0.29, 0.717) is 37.3 Å². The first-order chi connectivity index (χ1) is 20.0. The number of carbonyl (C=O) groups excluding carboxylic acids is 3. The molecule has 2 aromatic carbocycles. The fraction of sp³-hybridized carbons (Fsp3) is 0.387. The number of amides is 4. The first kappa shape index (κ1) is 29.5. The Bertz CT molecular complexity index is 1300. The number of unbranched alkanes of at least 4 members (excludes halogenated alkanes) is 1. The van der Waals surface area contributed by atoms with E-state index < -0.39 is 0 Å². The summed E-state index contributed by atoms with van der Waals surface area (Å²) >= 11 is 0. The van der Waals surface area contributed by atoms with Gasteiger partial charge in [-0.15, -0.1) is 0 Å². The van der Waals surface area contributed by atoms with Gasteiger partial charge in [0.1, 0.15) is 0 Å². The Labute approximate surface area is 241 Å². The van der Waals surface area contributed by atoms with E-state index in [4.69, 9.17) is 4.42 Å². The van der Waals surface area contributed by atoms with Crippen LogP contribution in [0.3, 0.4) is 0 Å². The average molecular weight is 561 g/mol. The highest BCUT2D eigenvalue weighted by molar-refractivity contribution is 6.05. The third kappa shape index (κ3) is 8.26. The van der Waals surface area contributed by atoms with Crippen LogP contribution in [0.5, 0.6) is 0 Å². The first-order valence-electron chi connectivity index (χ1n) is 14.3. The number of urea groups is 1. The molecule has 0 spiro atoms. The standard InChI is InChI=1S/C31H40N6O4/c1-3-4-14-33-31(40)34-16-8-15-32-29(38)24-12-13-27(25(22-24)35-30(39)28-11-7-21-41-28)37-19-17-36(18-20-37)26-10-6-5-9-23(26)2/h5-7,9-13,21-22H,3-4,8,14-20H2,1-2H3,(H,32,38)(H,35,39)(H2,33,34,40). The Hall–Kier alpha value is -4.47. The van der Waals surface area contributed by atoms with Crippen molar-refractivity contribution < 1.29 is 18.8 Å². The van der Waals surface area contributed by atoms with Crippen molar-refractivity contribution in [3.63, 3.8) is 0 Å². The van der Waals surface area contributed by atoms with Crippen LogP contribution < -0.4 is 31.1 Å². The quantitative estimate of drug-likeness (QED) is 0.244. The van der Waals surface area contributed by atoms with Crippen LogP contribution >= 0.6 is 0 Å². The Balaban J connectivity index is 1.38. The van der Waals surface area contributed by atoms with Crippen molar-refractivity contribution in [3.05, 3.63) is 77.7 Å². The summed E-state index contributed by atoms with van der Waals surface area (Å²) in [5.41, 5.74) is 4.32. The zero-order valence-corrected chi connectivity index (χ0v) is 23.9. The summed E-state index contributed by atoms with van der Waals surface area (Å²) in [7, 11) is 0. The van der Waals surface area contributed by atoms with Crippen molar-refractivity contribution in [2.45, 2.75) is 33.1 Å². The molecular weight excluding hydrogens is 520 g/mol. The maximum absolute atomic E-state index is 12.9. The molecule has 0 atom stereocenters. The second-order valence-electron chi connectivity index (χ2n) is 10.1. The van der Waals surface area contributed by atoms with E-state index >= 15 is 0 Å². The first-order valence-corrected chi connectivity index (χ1v) is 14.3. The molecule has 218 valence electrons. The zero-order chi connectivity index (χ0) is 29.0. The lowest BCUT2D eigenvalue weighted by molar-refractivity contribution is 0.0951. The minimum Gasteiger partial charge on any atom is -0.459 e. The van der Waals surface area contributed by atoms with Crippen LogP contribution in [0.1, 0.15) is 52.7 Å². The van der Waals surface area contributed by atoms with E-state index in [1.54, 1.807) is 24.3 Å². The summed E-state index contributed by atoms with van der Waals surface area (Å²) in [6.45, 7) is 8.91. The molecule has 0 radical (unpaired) electrons. The number of anilines is 3. The number of nitrogens with zero attached hydrogens (tertiary/aromatic N) is 2. The third-order valence-electron chi connectivity index (χ3n) is 7.07. The number of aryl methyl sites for hydroxylation is 1. The summed E-state index contributed by atoms with van der Waals surface area (Å²) in [4.78, 5) is 42.2. The molecule has 1 aliphatic heterocycles. The minimum absolute atomic E-state index is 0.196. The Morgan fingerprint density at radius 2 is 1.46 bits per heavy atom. The molecule has 2 heterocycles. The van der Waals surface area contributed by atoms with Gasteiger partial charge in [0.15, 0.2) is 5.76 Å². The van der Waals surface area contributed by atoms with Gasteiger partial charge in [-0.05, 0) is 61.7 Å². The smallest absolute Gasteiger partial charge is 0.314 e.